The minimum Gasteiger partial charge on any atom is -0.480 e. The smallest absolute Gasteiger partial charge is 0.325 e. The van der Waals surface area contributed by atoms with Gasteiger partial charge in [-0.3, -0.25) is 20.2 Å². The molecular weight excluding hydrogens is 272 g/mol. The predicted molar refractivity (Wildman–Crippen MR) is 71.4 cm³/mol. The molecule has 0 aliphatic rings. The number of carboxylic acids is 1. The van der Waals surface area contributed by atoms with Crippen molar-refractivity contribution in [2.75, 3.05) is 0 Å². The predicted octanol–water partition coefficient (Wildman–Crippen LogP) is 2.76. The van der Waals surface area contributed by atoms with E-state index >= 15 is 0 Å². The zero-order chi connectivity index (χ0) is 14.6. The Kier molecular flexibility index (Phi) is 5.26. The molecule has 0 saturated carbocycles. The van der Waals surface area contributed by atoms with Gasteiger partial charge in [0.1, 0.15) is 11.1 Å². The first-order valence-corrected chi connectivity index (χ1v) is 6.17. The first kappa shape index (κ1) is 15.4. The third kappa shape index (κ3) is 3.90. The van der Waals surface area contributed by atoms with Crippen LogP contribution in [0.15, 0.2) is 18.2 Å². The van der Waals surface area contributed by atoms with E-state index in [4.69, 9.17) is 11.6 Å². The summed E-state index contributed by atoms with van der Waals surface area (Å²) in [5.41, 5.74) is 0.0141. The molecule has 19 heavy (non-hydrogen) atoms. The molecule has 0 saturated heterocycles. The molecule has 0 radical (unpaired) electrons. The molecule has 2 unspecified atom stereocenters. The van der Waals surface area contributed by atoms with Crippen LogP contribution in [-0.4, -0.2) is 22.0 Å². The van der Waals surface area contributed by atoms with Gasteiger partial charge in [0.25, 0.3) is 5.69 Å². The molecule has 0 bridgehead atoms. The molecule has 0 spiro atoms. The summed E-state index contributed by atoms with van der Waals surface area (Å²) >= 11 is 5.70. The molecule has 0 aliphatic carbocycles. The van der Waals surface area contributed by atoms with Gasteiger partial charge in [0, 0.05) is 12.1 Å². The van der Waals surface area contributed by atoms with Gasteiger partial charge in [0.05, 0.1) is 4.92 Å². The minimum absolute atomic E-state index is 0.0126. The second-order valence-corrected chi connectivity index (χ2v) is 4.62. The maximum atomic E-state index is 11.3. The van der Waals surface area contributed by atoms with Crippen molar-refractivity contribution >= 4 is 23.3 Å². The zero-order valence-electron chi connectivity index (χ0n) is 10.6. The van der Waals surface area contributed by atoms with E-state index in [-0.39, 0.29) is 16.8 Å². The molecule has 0 fully saturated rings. The van der Waals surface area contributed by atoms with Crippen LogP contribution in [0.5, 0.6) is 0 Å². The van der Waals surface area contributed by atoms with Crippen LogP contribution in [-0.2, 0) is 4.79 Å². The molecule has 1 aromatic rings. The summed E-state index contributed by atoms with van der Waals surface area (Å²) in [6.07, 6.45) is 0.749. The molecule has 1 aromatic carbocycles. The van der Waals surface area contributed by atoms with Gasteiger partial charge in [-0.2, -0.15) is 0 Å². The monoisotopic (exact) mass is 286 g/mol. The van der Waals surface area contributed by atoms with Crippen molar-refractivity contribution in [1.29, 1.82) is 0 Å². The number of nitro benzene ring substituents is 1. The Bertz CT molecular complexity index is 493. The third-order valence-corrected chi connectivity index (χ3v) is 3.13. The van der Waals surface area contributed by atoms with E-state index in [0.29, 0.717) is 5.56 Å². The molecule has 0 amide bonds. The van der Waals surface area contributed by atoms with E-state index in [2.05, 4.69) is 5.32 Å². The van der Waals surface area contributed by atoms with E-state index < -0.39 is 16.9 Å². The van der Waals surface area contributed by atoms with Crippen LogP contribution in [0, 0.1) is 10.1 Å². The van der Waals surface area contributed by atoms with Crippen molar-refractivity contribution < 1.29 is 14.8 Å². The van der Waals surface area contributed by atoms with Crippen molar-refractivity contribution in [3.8, 4) is 0 Å². The fourth-order valence-electron chi connectivity index (χ4n) is 1.56. The topological polar surface area (TPSA) is 92.5 Å². The molecule has 7 heteroatoms. The summed E-state index contributed by atoms with van der Waals surface area (Å²) in [6, 6.07) is 2.99. The summed E-state index contributed by atoms with van der Waals surface area (Å²) in [7, 11) is 0. The highest BCUT2D eigenvalue weighted by atomic mass is 35.5. The SMILES string of the molecule is CCC(C)NC(C(=O)O)c1ccc(Cl)c([N+](=O)[O-])c1. The second kappa shape index (κ2) is 6.49. The van der Waals surface area contributed by atoms with Gasteiger partial charge in [0.2, 0.25) is 0 Å². The Labute approximate surface area is 115 Å². The molecule has 2 atom stereocenters. The number of nitro groups is 1. The number of benzene rings is 1. The molecule has 2 N–H and O–H groups in total. The van der Waals surface area contributed by atoms with Gasteiger partial charge in [-0.15, -0.1) is 0 Å². The van der Waals surface area contributed by atoms with Crippen molar-refractivity contribution in [3.05, 3.63) is 38.9 Å². The van der Waals surface area contributed by atoms with Gasteiger partial charge in [-0.1, -0.05) is 24.6 Å². The Balaban J connectivity index is 3.13. The maximum absolute atomic E-state index is 11.3. The largest absolute Gasteiger partial charge is 0.480 e. The quantitative estimate of drug-likeness (QED) is 0.619. The maximum Gasteiger partial charge on any atom is 0.325 e. The number of halogens is 1. The molecule has 0 aliphatic heterocycles. The van der Waals surface area contributed by atoms with Crippen LogP contribution in [0.2, 0.25) is 5.02 Å². The summed E-state index contributed by atoms with van der Waals surface area (Å²) in [6.45, 7) is 3.77. The Morgan fingerprint density at radius 3 is 2.68 bits per heavy atom. The lowest BCUT2D eigenvalue weighted by Gasteiger charge is -2.19. The molecule has 0 aromatic heterocycles. The number of nitrogens with one attached hydrogen (secondary N) is 1. The van der Waals surface area contributed by atoms with E-state index in [0.717, 1.165) is 6.42 Å². The van der Waals surface area contributed by atoms with Crippen molar-refractivity contribution in [2.45, 2.75) is 32.4 Å². The molecule has 1 rings (SSSR count). The van der Waals surface area contributed by atoms with Crippen LogP contribution in [0.3, 0.4) is 0 Å². The zero-order valence-corrected chi connectivity index (χ0v) is 11.3. The van der Waals surface area contributed by atoms with E-state index in [1.54, 1.807) is 0 Å². The molecule has 6 nitrogen and oxygen atoms in total. The highest BCUT2D eigenvalue weighted by Gasteiger charge is 2.24. The van der Waals surface area contributed by atoms with E-state index in [1.807, 2.05) is 13.8 Å². The van der Waals surface area contributed by atoms with Crippen molar-refractivity contribution in [3.63, 3.8) is 0 Å². The van der Waals surface area contributed by atoms with Crippen LogP contribution < -0.4 is 5.32 Å². The average molecular weight is 287 g/mol. The Morgan fingerprint density at radius 2 is 2.21 bits per heavy atom. The second-order valence-electron chi connectivity index (χ2n) is 4.22. The van der Waals surface area contributed by atoms with Gasteiger partial charge in [-0.05, 0) is 25.0 Å². The lowest BCUT2D eigenvalue weighted by molar-refractivity contribution is -0.384. The van der Waals surface area contributed by atoms with Gasteiger partial charge in [-0.25, -0.2) is 0 Å². The number of hydrogen-bond acceptors (Lipinski definition) is 4. The number of carboxylic acid groups (broad SMARTS) is 1. The van der Waals surface area contributed by atoms with Crippen LogP contribution >= 0.6 is 11.6 Å². The Morgan fingerprint density at radius 1 is 1.58 bits per heavy atom. The van der Waals surface area contributed by atoms with Crippen molar-refractivity contribution in [1.82, 2.24) is 5.32 Å². The highest BCUT2D eigenvalue weighted by molar-refractivity contribution is 6.32. The summed E-state index contributed by atoms with van der Waals surface area (Å²) in [4.78, 5) is 21.4. The third-order valence-electron chi connectivity index (χ3n) is 2.81. The standard InChI is InChI=1S/C12H15ClN2O4/c1-3-7(2)14-11(12(16)17)8-4-5-9(13)10(6-8)15(18)19/h4-7,11,14H,3H2,1-2H3,(H,16,17). The number of nitrogens with zero attached hydrogens (tertiary/aromatic N) is 1. The molecular formula is C12H15ClN2O4. The lowest BCUT2D eigenvalue weighted by Crippen LogP contribution is -2.34. The Hall–Kier alpha value is -1.66. The summed E-state index contributed by atoms with van der Waals surface area (Å²) < 4.78 is 0. The number of hydrogen-bond donors (Lipinski definition) is 2. The molecule has 104 valence electrons. The summed E-state index contributed by atoms with van der Waals surface area (Å²) in [5, 5.41) is 22.9. The number of rotatable bonds is 6. The highest BCUT2D eigenvalue weighted by Crippen LogP contribution is 2.28. The number of aliphatic carboxylic acids is 1. The van der Waals surface area contributed by atoms with Crippen LogP contribution in [0.25, 0.3) is 0 Å². The average Bonchev–Trinajstić information content (AvgIpc) is 2.35. The van der Waals surface area contributed by atoms with Gasteiger partial charge >= 0.3 is 5.97 Å². The molecule has 0 heterocycles. The number of carbonyl (C=O) groups is 1. The first-order valence-electron chi connectivity index (χ1n) is 5.79. The first-order chi connectivity index (χ1) is 8.86. The van der Waals surface area contributed by atoms with Crippen LogP contribution in [0.4, 0.5) is 5.69 Å². The van der Waals surface area contributed by atoms with Gasteiger partial charge < -0.3 is 5.11 Å². The van der Waals surface area contributed by atoms with E-state index in [9.17, 15) is 20.0 Å². The van der Waals surface area contributed by atoms with Crippen LogP contribution in [0.1, 0.15) is 31.9 Å². The minimum atomic E-state index is -1.09. The fourth-order valence-corrected chi connectivity index (χ4v) is 1.75. The fraction of sp³-hybridized carbons (Fsp3) is 0.417. The lowest BCUT2D eigenvalue weighted by atomic mass is 10.0. The van der Waals surface area contributed by atoms with Crippen molar-refractivity contribution in [2.24, 2.45) is 0 Å². The summed E-state index contributed by atoms with van der Waals surface area (Å²) in [5.74, 6) is -1.09. The normalized spacial score (nSPS) is 13.8. The van der Waals surface area contributed by atoms with E-state index in [1.165, 1.54) is 18.2 Å². The van der Waals surface area contributed by atoms with Gasteiger partial charge in [0.15, 0.2) is 0 Å².